The maximum atomic E-state index is 14.5. The Morgan fingerprint density at radius 3 is 2.62 bits per heavy atom. The summed E-state index contributed by atoms with van der Waals surface area (Å²) in [6, 6.07) is 6.72. The van der Waals surface area contributed by atoms with Gasteiger partial charge in [-0.25, -0.2) is 4.39 Å². The second kappa shape index (κ2) is 6.35. The fraction of sp³-hybridized carbons (Fsp3) is 0.211. The molecule has 1 N–H and O–H groups in total. The molecular formula is C19H20FN3O. The molecule has 1 aromatic carbocycles. The Kier molecular flexibility index (Phi) is 4.25. The van der Waals surface area contributed by atoms with Crippen LogP contribution < -0.4 is 11.0 Å². The van der Waals surface area contributed by atoms with Gasteiger partial charge in [-0.15, -0.1) is 0 Å². The number of nitrogens with zero attached hydrogens (tertiary/aromatic N) is 2. The van der Waals surface area contributed by atoms with E-state index in [0.29, 0.717) is 23.4 Å². The van der Waals surface area contributed by atoms with Crippen LogP contribution in [-0.2, 0) is 6.54 Å². The van der Waals surface area contributed by atoms with E-state index in [2.05, 4.69) is 5.43 Å². The summed E-state index contributed by atoms with van der Waals surface area (Å²) in [5, 5.41) is 1.80. The predicted molar refractivity (Wildman–Crippen MR) is 93.0 cm³/mol. The topological polar surface area (TPSA) is 37.3 Å². The van der Waals surface area contributed by atoms with Crippen LogP contribution in [0.25, 0.3) is 5.69 Å². The highest BCUT2D eigenvalue weighted by Crippen LogP contribution is 2.16. The van der Waals surface area contributed by atoms with Gasteiger partial charge < -0.3 is 5.43 Å². The molecule has 1 aliphatic heterocycles. The van der Waals surface area contributed by atoms with E-state index in [1.165, 1.54) is 10.6 Å². The van der Waals surface area contributed by atoms with Crippen molar-refractivity contribution in [2.45, 2.75) is 27.3 Å². The van der Waals surface area contributed by atoms with Gasteiger partial charge in [0.05, 0.1) is 12.2 Å². The number of benzene rings is 1. The van der Waals surface area contributed by atoms with E-state index in [-0.39, 0.29) is 11.4 Å². The van der Waals surface area contributed by atoms with Gasteiger partial charge in [0.25, 0.3) is 5.56 Å². The van der Waals surface area contributed by atoms with Gasteiger partial charge in [-0.05, 0) is 56.2 Å². The molecule has 0 amide bonds. The van der Waals surface area contributed by atoms with Gasteiger partial charge >= 0.3 is 0 Å². The maximum Gasteiger partial charge on any atom is 0.257 e. The molecule has 0 aliphatic carbocycles. The molecule has 1 aromatic heterocycles. The molecule has 5 heteroatoms. The third kappa shape index (κ3) is 3.25. The maximum absolute atomic E-state index is 14.5. The van der Waals surface area contributed by atoms with Crippen LogP contribution in [0.3, 0.4) is 0 Å². The van der Waals surface area contributed by atoms with Gasteiger partial charge in [-0.2, -0.15) is 0 Å². The minimum absolute atomic E-state index is 0.131. The average molecular weight is 325 g/mol. The van der Waals surface area contributed by atoms with Crippen LogP contribution in [0.1, 0.15) is 23.6 Å². The zero-order valence-corrected chi connectivity index (χ0v) is 14.0. The molecule has 2 heterocycles. The monoisotopic (exact) mass is 325 g/mol. The normalized spacial score (nSPS) is 13.7. The van der Waals surface area contributed by atoms with Gasteiger partial charge in [-0.3, -0.25) is 14.4 Å². The molecule has 24 heavy (non-hydrogen) atoms. The summed E-state index contributed by atoms with van der Waals surface area (Å²) in [5.74, 6) is -0.333. The predicted octanol–water partition coefficient (Wildman–Crippen LogP) is 3.33. The van der Waals surface area contributed by atoms with E-state index in [1.807, 2.05) is 38.4 Å². The number of aryl methyl sites for hydroxylation is 2. The first-order valence-electron chi connectivity index (χ1n) is 7.80. The van der Waals surface area contributed by atoms with Crippen LogP contribution in [0.15, 0.2) is 59.3 Å². The highest BCUT2D eigenvalue weighted by Gasteiger charge is 2.10. The van der Waals surface area contributed by atoms with Crippen molar-refractivity contribution in [3.63, 3.8) is 0 Å². The lowest BCUT2D eigenvalue weighted by molar-refractivity contribution is 0.297. The smallest absolute Gasteiger partial charge is 0.257 e. The van der Waals surface area contributed by atoms with Crippen LogP contribution in [-0.4, -0.2) is 9.58 Å². The first kappa shape index (κ1) is 16.1. The molecule has 0 atom stereocenters. The Labute approximate surface area is 140 Å². The number of pyridine rings is 1. The quantitative estimate of drug-likeness (QED) is 0.940. The average Bonchev–Trinajstić information content (AvgIpc) is 2.55. The van der Waals surface area contributed by atoms with Crippen molar-refractivity contribution in [1.29, 1.82) is 0 Å². The van der Waals surface area contributed by atoms with Gasteiger partial charge in [0, 0.05) is 29.7 Å². The number of rotatable bonds is 3. The molecule has 0 radical (unpaired) electrons. The van der Waals surface area contributed by atoms with Crippen LogP contribution in [0, 0.1) is 19.7 Å². The van der Waals surface area contributed by atoms with Crippen molar-refractivity contribution in [3.8, 4) is 5.69 Å². The first-order chi connectivity index (χ1) is 11.4. The van der Waals surface area contributed by atoms with E-state index >= 15 is 0 Å². The van der Waals surface area contributed by atoms with E-state index in [0.717, 1.165) is 11.1 Å². The van der Waals surface area contributed by atoms with Gasteiger partial charge in [0.15, 0.2) is 0 Å². The molecule has 0 bridgehead atoms. The van der Waals surface area contributed by atoms with Crippen LogP contribution in [0.4, 0.5) is 4.39 Å². The number of hydrazine groups is 1. The number of hydrogen-bond donors (Lipinski definition) is 1. The van der Waals surface area contributed by atoms with Gasteiger partial charge in [-0.1, -0.05) is 6.07 Å². The molecular weight excluding hydrogens is 305 g/mol. The lowest BCUT2D eigenvalue weighted by atomic mass is 10.1. The van der Waals surface area contributed by atoms with Gasteiger partial charge in [0.1, 0.15) is 5.82 Å². The lowest BCUT2D eigenvalue weighted by Crippen LogP contribution is -2.31. The summed E-state index contributed by atoms with van der Waals surface area (Å²) < 4.78 is 16.0. The van der Waals surface area contributed by atoms with Crippen molar-refractivity contribution < 1.29 is 4.39 Å². The summed E-state index contributed by atoms with van der Waals surface area (Å²) in [7, 11) is 0. The third-order valence-corrected chi connectivity index (χ3v) is 3.96. The summed E-state index contributed by atoms with van der Waals surface area (Å²) in [4.78, 5) is 12.3. The zero-order valence-electron chi connectivity index (χ0n) is 14.0. The summed E-state index contributed by atoms with van der Waals surface area (Å²) in [5.41, 5.74) is 6.75. The van der Waals surface area contributed by atoms with Crippen molar-refractivity contribution in [2.24, 2.45) is 0 Å². The number of allylic oxidation sites excluding steroid dienone is 2. The highest BCUT2D eigenvalue weighted by molar-refractivity contribution is 5.38. The minimum atomic E-state index is -0.333. The second-order valence-corrected chi connectivity index (χ2v) is 6.11. The Hall–Kier alpha value is -2.82. The Morgan fingerprint density at radius 2 is 1.96 bits per heavy atom. The summed E-state index contributed by atoms with van der Waals surface area (Å²) in [6.07, 6.45) is 7.42. The molecule has 0 fully saturated rings. The lowest BCUT2D eigenvalue weighted by Gasteiger charge is -2.24. The standard InChI is InChI=1S/C19H20FN3O/c1-13-6-7-22(21-10-13)12-16-4-5-17(9-18(16)20)23-11-14(2)8-15(3)19(23)24/h4-11,21H,12H2,1-3H3. The summed E-state index contributed by atoms with van der Waals surface area (Å²) >= 11 is 0. The first-order valence-corrected chi connectivity index (χ1v) is 7.80. The molecule has 3 rings (SSSR count). The van der Waals surface area contributed by atoms with Crippen molar-refractivity contribution in [3.05, 3.63) is 87.4 Å². The molecule has 124 valence electrons. The highest BCUT2D eigenvalue weighted by atomic mass is 19.1. The van der Waals surface area contributed by atoms with Crippen LogP contribution >= 0.6 is 0 Å². The van der Waals surface area contributed by atoms with Crippen molar-refractivity contribution in [2.75, 3.05) is 0 Å². The molecule has 1 aliphatic rings. The SMILES string of the molecule is CC1=CNN(Cc2ccc(-n3cc(C)cc(C)c3=O)cc2F)C=C1. The molecule has 0 spiro atoms. The third-order valence-electron chi connectivity index (χ3n) is 3.96. The molecule has 0 saturated carbocycles. The largest absolute Gasteiger partial charge is 0.306 e. The van der Waals surface area contributed by atoms with Gasteiger partial charge in [0.2, 0.25) is 0 Å². The zero-order chi connectivity index (χ0) is 17.3. The Balaban J connectivity index is 1.88. The molecule has 4 nitrogen and oxygen atoms in total. The van der Waals surface area contributed by atoms with E-state index in [1.54, 1.807) is 30.3 Å². The molecule has 2 aromatic rings. The molecule has 0 saturated heterocycles. The van der Waals surface area contributed by atoms with Crippen LogP contribution in [0.2, 0.25) is 0 Å². The second-order valence-electron chi connectivity index (χ2n) is 6.11. The van der Waals surface area contributed by atoms with E-state index < -0.39 is 0 Å². The molecule has 0 unspecified atom stereocenters. The fourth-order valence-corrected chi connectivity index (χ4v) is 2.66. The fourth-order valence-electron chi connectivity index (χ4n) is 2.66. The summed E-state index contributed by atoms with van der Waals surface area (Å²) in [6.45, 7) is 6.06. The number of halogens is 1. The number of nitrogens with one attached hydrogen (secondary N) is 1. The van der Waals surface area contributed by atoms with E-state index in [9.17, 15) is 9.18 Å². The van der Waals surface area contributed by atoms with E-state index in [4.69, 9.17) is 0 Å². The number of aromatic nitrogens is 1. The number of hydrogen-bond acceptors (Lipinski definition) is 3. The van der Waals surface area contributed by atoms with Crippen LogP contribution in [0.5, 0.6) is 0 Å². The van der Waals surface area contributed by atoms with Crippen molar-refractivity contribution >= 4 is 0 Å². The van der Waals surface area contributed by atoms with Crippen molar-refractivity contribution in [1.82, 2.24) is 15.0 Å². The minimum Gasteiger partial charge on any atom is -0.306 e. The Morgan fingerprint density at radius 1 is 1.17 bits per heavy atom. The Bertz CT molecular complexity index is 896.